The van der Waals surface area contributed by atoms with Crippen LogP contribution in [0, 0.1) is 0 Å². The molecule has 0 aromatic heterocycles. The fourth-order valence-corrected chi connectivity index (χ4v) is 1.42. The van der Waals surface area contributed by atoms with Gasteiger partial charge in [-0.15, -0.1) is 0 Å². The highest BCUT2D eigenvalue weighted by molar-refractivity contribution is 5.74. The van der Waals surface area contributed by atoms with Gasteiger partial charge in [0, 0.05) is 6.42 Å². The molecule has 0 atom stereocenters. The second-order valence-corrected chi connectivity index (χ2v) is 4.01. The van der Waals surface area contributed by atoms with Gasteiger partial charge in [-0.3, -0.25) is 4.79 Å². The molecular formula is C12H17NO2. The van der Waals surface area contributed by atoms with Crippen molar-refractivity contribution < 1.29 is 9.90 Å². The molecule has 0 unspecified atom stereocenters. The number of phenolic OH excluding ortho intramolecular Hbond substituents is 1. The molecule has 15 heavy (non-hydrogen) atoms. The Bertz CT molecular complexity index is 359. The summed E-state index contributed by atoms with van der Waals surface area (Å²) >= 11 is 0. The molecule has 0 bridgehead atoms. The summed E-state index contributed by atoms with van der Waals surface area (Å²) in [4.78, 5) is 10.6. The lowest BCUT2D eigenvalue weighted by Gasteiger charge is -2.09. The lowest BCUT2D eigenvalue weighted by atomic mass is 9.98. The normalized spacial score (nSPS) is 10.6. The van der Waals surface area contributed by atoms with E-state index in [2.05, 4.69) is 13.8 Å². The molecule has 0 saturated carbocycles. The van der Waals surface area contributed by atoms with Gasteiger partial charge in [0.15, 0.2) is 0 Å². The maximum absolute atomic E-state index is 10.6. The van der Waals surface area contributed by atoms with Crippen LogP contribution in [0.1, 0.15) is 37.3 Å². The number of rotatable bonds is 4. The van der Waals surface area contributed by atoms with Crippen LogP contribution in [0.4, 0.5) is 0 Å². The number of benzene rings is 1. The van der Waals surface area contributed by atoms with Crippen molar-refractivity contribution in [1.82, 2.24) is 0 Å². The molecule has 0 aliphatic heterocycles. The number of amides is 1. The number of carbonyl (C=O) groups is 1. The fourth-order valence-electron chi connectivity index (χ4n) is 1.42. The number of hydrogen-bond acceptors (Lipinski definition) is 2. The molecule has 1 aromatic rings. The number of carbonyl (C=O) groups excluding carboxylic acids is 1. The first-order valence-electron chi connectivity index (χ1n) is 5.10. The molecule has 3 heteroatoms. The number of phenols is 1. The molecular weight excluding hydrogens is 190 g/mol. The molecule has 0 saturated heterocycles. The Morgan fingerprint density at radius 1 is 1.47 bits per heavy atom. The molecule has 1 amide bonds. The lowest BCUT2D eigenvalue weighted by Crippen LogP contribution is -2.11. The standard InChI is InChI=1S/C12H17NO2/c1-8(2)9-3-5-11(14)10(7-9)4-6-12(13)15/h3,5,7-8,14H,4,6H2,1-2H3,(H2,13,15). The average Bonchev–Trinajstić information content (AvgIpc) is 2.16. The van der Waals surface area contributed by atoms with Crippen molar-refractivity contribution in [2.24, 2.45) is 5.73 Å². The van der Waals surface area contributed by atoms with Crippen LogP contribution in [0.2, 0.25) is 0 Å². The Morgan fingerprint density at radius 2 is 2.13 bits per heavy atom. The minimum atomic E-state index is -0.343. The van der Waals surface area contributed by atoms with Crippen LogP contribution in [0.5, 0.6) is 5.75 Å². The topological polar surface area (TPSA) is 63.3 Å². The highest BCUT2D eigenvalue weighted by atomic mass is 16.3. The predicted molar refractivity (Wildman–Crippen MR) is 59.7 cm³/mol. The molecule has 0 spiro atoms. The Hall–Kier alpha value is -1.51. The number of aromatic hydroxyl groups is 1. The summed E-state index contributed by atoms with van der Waals surface area (Å²) in [6.07, 6.45) is 0.775. The van der Waals surface area contributed by atoms with Crippen molar-refractivity contribution in [3.8, 4) is 5.75 Å². The predicted octanol–water partition coefficient (Wildman–Crippen LogP) is 1.93. The van der Waals surface area contributed by atoms with E-state index < -0.39 is 0 Å². The molecule has 0 fully saturated rings. The lowest BCUT2D eigenvalue weighted by molar-refractivity contribution is -0.117. The van der Waals surface area contributed by atoms with Gasteiger partial charge in [0.05, 0.1) is 0 Å². The second kappa shape index (κ2) is 4.82. The quantitative estimate of drug-likeness (QED) is 0.792. The molecule has 1 rings (SSSR count). The van der Waals surface area contributed by atoms with Gasteiger partial charge < -0.3 is 10.8 Å². The van der Waals surface area contributed by atoms with Gasteiger partial charge >= 0.3 is 0 Å². The number of primary amides is 1. The van der Waals surface area contributed by atoms with E-state index in [1.54, 1.807) is 6.07 Å². The zero-order valence-electron chi connectivity index (χ0n) is 9.16. The smallest absolute Gasteiger partial charge is 0.217 e. The number of nitrogens with two attached hydrogens (primary N) is 1. The molecule has 0 aliphatic carbocycles. The van der Waals surface area contributed by atoms with E-state index in [1.165, 1.54) is 0 Å². The van der Waals surface area contributed by atoms with Crippen LogP contribution in [0.25, 0.3) is 0 Å². The van der Waals surface area contributed by atoms with Crippen molar-refractivity contribution in [2.45, 2.75) is 32.6 Å². The Labute approximate surface area is 89.9 Å². The van der Waals surface area contributed by atoms with Crippen molar-refractivity contribution in [1.29, 1.82) is 0 Å². The van der Waals surface area contributed by atoms with E-state index in [0.29, 0.717) is 12.3 Å². The van der Waals surface area contributed by atoms with Crippen LogP contribution in [0.3, 0.4) is 0 Å². The van der Waals surface area contributed by atoms with Gasteiger partial charge in [0.2, 0.25) is 5.91 Å². The largest absolute Gasteiger partial charge is 0.508 e. The molecule has 3 N–H and O–H groups in total. The van der Waals surface area contributed by atoms with Gasteiger partial charge in [0.1, 0.15) is 5.75 Å². The minimum absolute atomic E-state index is 0.237. The van der Waals surface area contributed by atoms with Gasteiger partial charge in [-0.1, -0.05) is 26.0 Å². The summed E-state index contributed by atoms with van der Waals surface area (Å²) in [7, 11) is 0. The summed E-state index contributed by atoms with van der Waals surface area (Å²) in [5, 5.41) is 9.58. The third-order valence-corrected chi connectivity index (χ3v) is 2.41. The van der Waals surface area contributed by atoms with Crippen molar-refractivity contribution in [3.63, 3.8) is 0 Å². The molecule has 3 nitrogen and oxygen atoms in total. The molecule has 0 radical (unpaired) electrons. The fraction of sp³-hybridized carbons (Fsp3) is 0.417. The maximum Gasteiger partial charge on any atom is 0.217 e. The summed E-state index contributed by atoms with van der Waals surface area (Å²) in [6.45, 7) is 4.18. The maximum atomic E-state index is 10.6. The minimum Gasteiger partial charge on any atom is -0.508 e. The van der Waals surface area contributed by atoms with Crippen LogP contribution in [0.15, 0.2) is 18.2 Å². The summed E-state index contributed by atoms with van der Waals surface area (Å²) in [6, 6.07) is 5.50. The van der Waals surface area contributed by atoms with Crippen LogP contribution in [-0.4, -0.2) is 11.0 Å². The molecule has 1 aromatic carbocycles. The SMILES string of the molecule is CC(C)c1ccc(O)c(CCC(N)=O)c1. The monoisotopic (exact) mass is 207 g/mol. The zero-order valence-corrected chi connectivity index (χ0v) is 9.16. The van der Waals surface area contributed by atoms with Crippen molar-refractivity contribution >= 4 is 5.91 Å². The van der Waals surface area contributed by atoms with Crippen LogP contribution < -0.4 is 5.73 Å². The summed E-state index contributed by atoms with van der Waals surface area (Å²) in [5.41, 5.74) is 7.02. The van der Waals surface area contributed by atoms with Gasteiger partial charge in [-0.2, -0.15) is 0 Å². The van der Waals surface area contributed by atoms with E-state index in [1.807, 2.05) is 12.1 Å². The Balaban J connectivity index is 2.85. The Morgan fingerprint density at radius 3 is 2.67 bits per heavy atom. The first-order valence-corrected chi connectivity index (χ1v) is 5.10. The van der Waals surface area contributed by atoms with Gasteiger partial charge in [-0.05, 0) is 29.5 Å². The molecule has 0 aliphatic rings. The van der Waals surface area contributed by atoms with Crippen molar-refractivity contribution in [3.05, 3.63) is 29.3 Å². The van der Waals surface area contributed by atoms with Crippen LogP contribution >= 0.6 is 0 Å². The van der Waals surface area contributed by atoms with Gasteiger partial charge in [-0.25, -0.2) is 0 Å². The first kappa shape index (κ1) is 11.6. The number of hydrogen-bond donors (Lipinski definition) is 2. The Kier molecular flexibility index (Phi) is 3.72. The number of aryl methyl sites for hydroxylation is 1. The van der Waals surface area contributed by atoms with E-state index in [9.17, 15) is 9.90 Å². The van der Waals surface area contributed by atoms with E-state index in [4.69, 9.17) is 5.73 Å². The highest BCUT2D eigenvalue weighted by Crippen LogP contribution is 2.24. The zero-order chi connectivity index (χ0) is 11.4. The average molecular weight is 207 g/mol. The highest BCUT2D eigenvalue weighted by Gasteiger charge is 2.06. The van der Waals surface area contributed by atoms with Crippen molar-refractivity contribution in [2.75, 3.05) is 0 Å². The third-order valence-electron chi connectivity index (χ3n) is 2.41. The van der Waals surface area contributed by atoms with E-state index >= 15 is 0 Å². The van der Waals surface area contributed by atoms with E-state index in [0.717, 1.165) is 11.1 Å². The second-order valence-electron chi connectivity index (χ2n) is 4.01. The third kappa shape index (κ3) is 3.27. The molecule has 82 valence electrons. The van der Waals surface area contributed by atoms with Crippen LogP contribution in [-0.2, 0) is 11.2 Å². The first-order chi connectivity index (χ1) is 7.00. The summed E-state index contributed by atoms with van der Waals surface area (Å²) < 4.78 is 0. The van der Waals surface area contributed by atoms with Gasteiger partial charge in [0.25, 0.3) is 0 Å². The molecule has 0 heterocycles. The summed E-state index contributed by atoms with van der Waals surface area (Å²) in [5.74, 6) is 0.308. The van der Waals surface area contributed by atoms with E-state index in [-0.39, 0.29) is 18.1 Å².